The molecule has 0 aromatic heterocycles. The molecule has 1 aliphatic rings. The first-order chi connectivity index (χ1) is 6.33. The van der Waals surface area contributed by atoms with Gasteiger partial charge in [-0.2, -0.15) is 5.26 Å². The van der Waals surface area contributed by atoms with E-state index < -0.39 is 6.67 Å². The predicted molar refractivity (Wildman–Crippen MR) is 47.9 cm³/mol. The van der Waals surface area contributed by atoms with E-state index in [1.165, 1.54) is 12.8 Å². The molecule has 0 amide bonds. The van der Waals surface area contributed by atoms with Crippen LogP contribution in [0.15, 0.2) is 18.2 Å². The molecule has 2 heteroatoms. The van der Waals surface area contributed by atoms with Crippen LogP contribution in [0.25, 0.3) is 0 Å². The van der Waals surface area contributed by atoms with Gasteiger partial charge < -0.3 is 0 Å². The number of halogens is 1. The van der Waals surface area contributed by atoms with Gasteiger partial charge in [-0.3, -0.25) is 0 Å². The third-order valence-corrected chi connectivity index (χ3v) is 2.35. The first-order valence-corrected chi connectivity index (χ1v) is 4.43. The van der Waals surface area contributed by atoms with Crippen LogP contribution in [0.3, 0.4) is 0 Å². The summed E-state index contributed by atoms with van der Waals surface area (Å²) in [5, 5.41) is 8.71. The van der Waals surface area contributed by atoms with Crippen LogP contribution in [0.2, 0.25) is 0 Å². The van der Waals surface area contributed by atoms with Crippen molar-refractivity contribution >= 4 is 0 Å². The first-order valence-electron chi connectivity index (χ1n) is 4.43. The Bertz CT molecular complexity index is 361. The summed E-state index contributed by atoms with van der Waals surface area (Å²) in [7, 11) is 0. The number of rotatable bonds is 2. The molecule has 2 rings (SSSR count). The van der Waals surface area contributed by atoms with E-state index in [1.807, 2.05) is 12.1 Å². The fraction of sp³-hybridized carbons (Fsp3) is 0.364. The smallest absolute Gasteiger partial charge is 0.115 e. The molecule has 1 saturated carbocycles. The zero-order chi connectivity index (χ0) is 9.26. The molecule has 0 aliphatic heterocycles. The van der Waals surface area contributed by atoms with Gasteiger partial charge in [-0.05, 0) is 42.0 Å². The summed E-state index contributed by atoms with van der Waals surface area (Å²) in [4.78, 5) is 0. The minimum absolute atomic E-state index is 0.477. The van der Waals surface area contributed by atoms with Crippen molar-refractivity contribution in [2.75, 3.05) is 0 Å². The lowest BCUT2D eigenvalue weighted by atomic mass is 10.0. The van der Waals surface area contributed by atoms with Crippen LogP contribution < -0.4 is 0 Å². The van der Waals surface area contributed by atoms with Crippen LogP contribution >= 0.6 is 0 Å². The number of hydrogen-bond acceptors (Lipinski definition) is 1. The summed E-state index contributed by atoms with van der Waals surface area (Å²) in [5.74, 6) is 0.582. The topological polar surface area (TPSA) is 23.8 Å². The van der Waals surface area contributed by atoms with Gasteiger partial charge in [0, 0.05) is 0 Å². The molecule has 0 heterocycles. The van der Waals surface area contributed by atoms with E-state index in [0.717, 1.165) is 5.56 Å². The zero-order valence-corrected chi connectivity index (χ0v) is 7.26. The molecule has 0 N–H and O–H groups in total. The molecule has 1 aromatic rings. The number of nitriles is 1. The van der Waals surface area contributed by atoms with Crippen molar-refractivity contribution < 1.29 is 4.39 Å². The maximum Gasteiger partial charge on any atom is 0.115 e. The Morgan fingerprint density at radius 2 is 2.15 bits per heavy atom. The van der Waals surface area contributed by atoms with Crippen molar-refractivity contribution in [1.82, 2.24) is 0 Å². The summed E-state index contributed by atoms with van der Waals surface area (Å²) in [6, 6.07) is 7.42. The van der Waals surface area contributed by atoms with Crippen LogP contribution in [0.4, 0.5) is 4.39 Å². The molecule has 0 spiro atoms. The summed E-state index contributed by atoms with van der Waals surface area (Å²) in [6.45, 7) is -0.477. The van der Waals surface area contributed by atoms with E-state index in [4.69, 9.17) is 5.26 Å². The lowest BCUT2D eigenvalue weighted by Gasteiger charge is -2.01. The van der Waals surface area contributed by atoms with Gasteiger partial charge in [-0.25, -0.2) is 4.39 Å². The lowest BCUT2D eigenvalue weighted by Crippen LogP contribution is -1.87. The van der Waals surface area contributed by atoms with E-state index in [0.29, 0.717) is 17.0 Å². The third kappa shape index (κ3) is 1.70. The molecule has 0 atom stereocenters. The number of alkyl halides is 1. The second kappa shape index (κ2) is 3.18. The molecule has 0 saturated heterocycles. The Labute approximate surface area is 76.8 Å². The Morgan fingerprint density at radius 3 is 2.69 bits per heavy atom. The first kappa shape index (κ1) is 8.25. The van der Waals surface area contributed by atoms with Crippen LogP contribution in [-0.2, 0) is 6.67 Å². The van der Waals surface area contributed by atoms with E-state index in [1.54, 1.807) is 6.07 Å². The van der Waals surface area contributed by atoms with Crippen molar-refractivity contribution in [3.05, 3.63) is 34.9 Å². The molecule has 1 aliphatic carbocycles. The normalized spacial score (nSPS) is 15.4. The maximum atomic E-state index is 12.4. The highest BCUT2D eigenvalue weighted by Gasteiger charge is 2.24. The molecule has 66 valence electrons. The minimum atomic E-state index is -0.477. The Balaban J connectivity index is 2.40. The van der Waals surface area contributed by atoms with Crippen molar-refractivity contribution in [1.29, 1.82) is 5.26 Å². The van der Waals surface area contributed by atoms with Crippen molar-refractivity contribution in [2.45, 2.75) is 25.4 Å². The summed E-state index contributed by atoms with van der Waals surface area (Å²) < 4.78 is 12.4. The molecule has 1 aromatic carbocycles. The second-order valence-electron chi connectivity index (χ2n) is 3.48. The summed E-state index contributed by atoms with van der Waals surface area (Å²) in [5.41, 5.74) is 2.34. The van der Waals surface area contributed by atoms with Gasteiger partial charge in [0.1, 0.15) is 6.67 Å². The van der Waals surface area contributed by atoms with Gasteiger partial charge in [0.05, 0.1) is 11.6 Å². The third-order valence-electron chi connectivity index (χ3n) is 2.35. The highest BCUT2D eigenvalue weighted by atomic mass is 19.1. The van der Waals surface area contributed by atoms with Crippen LogP contribution in [0.5, 0.6) is 0 Å². The summed E-state index contributed by atoms with van der Waals surface area (Å²) in [6.07, 6.45) is 2.36. The van der Waals surface area contributed by atoms with Gasteiger partial charge in [0.25, 0.3) is 0 Å². The van der Waals surface area contributed by atoms with Gasteiger partial charge in [-0.15, -0.1) is 0 Å². The molecule has 0 radical (unpaired) electrons. The summed E-state index contributed by atoms with van der Waals surface area (Å²) >= 11 is 0. The SMILES string of the molecule is N#Cc1cc(CF)cc(C2CC2)c1. The molecular weight excluding hydrogens is 165 g/mol. The van der Waals surface area contributed by atoms with Crippen molar-refractivity contribution in [2.24, 2.45) is 0 Å². The fourth-order valence-corrected chi connectivity index (χ4v) is 1.51. The Hall–Kier alpha value is -1.36. The number of nitrogens with zero attached hydrogens (tertiary/aromatic N) is 1. The molecule has 1 nitrogen and oxygen atoms in total. The van der Waals surface area contributed by atoms with E-state index in [2.05, 4.69) is 6.07 Å². The standard InChI is InChI=1S/C11H10FN/c12-6-8-3-9(7-13)5-11(4-8)10-1-2-10/h3-5,10H,1-2,6H2. The van der Waals surface area contributed by atoms with Crippen molar-refractivity contribution in [3.63, 3.8) is 0 Å². The molecular formula is C11H10FN. The molecule has 13 heavy (non-hydrogen) atoms. The molecule has 1 fully saturated rings. The lowest BCUT2D eigenvalue weighted by molar-refractivity contribution is 0.485. The highest BCUT2D eigenvalue weighted by molar-refractivity contribution is 5.39. The quantitative estimate of drug-likeness (QED) is 0.678. The minimum Gasteiger partial charge on any atom is -0.246 e. The van der Waals surface area contributed by atoms with E-state index in [9.17, 15) is 4.39 Å². The fourth-order valence-electron chi connectivity index (χ4n) is 1.51. The average molecular weight is 175 g/mol. The number of hydrogen-bond donors (Lipinski definition) is 0. The molecule has 0 bridgehead atoms. The van der Waals surface area contributed by atoms with Gasteiger partial charge in [-0.1, -0.05) is 6.07 Å². The Morgan fingerprint density at radius 1 is 1.38 bits per heavy atom. The Kier molecular flexibility index (Phi) is 2.02. The zero-order valence-electron chi connectivity index (χ0n) is 7.26. The molecule has 0 unspecified atom stereocenters. The van der Waals surface area contributed by atoms with Gasteiger partial charge in [0.2, 0.25) is 0 Å². The van der Waals surface area contributed by atoms with E-state index in [-0.39, 0.29) is 0 Å². The second-order valence-corrected chi connectivity index (χ2v) is 3.48. The van der Waals surface area contributed by atoms with Crippen LogP contribution in [0.1, 0.15) is 35.4 Å². The van der Waals surface area contributed by atoms with Gasteiger partial charge >= 0.3 is 0 Å². The predicted octanol–water partition coefficient (Wildman–Crippen LogP) is 2.91. The maximum absolute atomic E-state index is 12.4. The largest absolute Gasteiger partial charge is 0.246 e. The number of benzene rings is 1. The van der Waals surface area contributed by atoms with Crippen LogP contribution in [0, 0.1) is 11.3 Å². The van der Waals surface area contributed by atoms with Crippen molar-refractivity contribution in [3.8, 4) is 6.07 Å². The average Bonchev–Trinajstić information content (AvgIpc) is 3.00. The van der Waals surface area contributed by atoms with Crippen LogP contribution in [-0.4, -0.2) is 0 Å². The highest BCUT2D eigenvalue weighted by Crippen LogP contribution is 2.40. The van der Waals surface area contributed by atoms with E-state index >= 15 is 0 Å². The monoisotopic (exact) mass is 175 g/mol. The van der Waals surface area contributed by atoms with Gasteiger partial charge in [0.15, 0.2) is 0 Å².